The fraction of sp³-hybridized carbons (Fsp3) is 0.200. The molecule has 3 heteroatoms. The highest BCUT2D eigenvalue weighted by Gasteiger charge is 2.09. The number of aryl methyl sites for hydroxylation is 1. The topological polar surface area (TPSA) is 9.23 Å². The van der Waals surface area contributed by atoms with Crippen LogP contribution in [0.4, 0.5) is 4.39 Å². The van der Waals surface area contributed by atoms with Gasteiger partial charge in [0.05, 0.1) is 0 Å². The summed E-state index contributed by atoms with van der Waals surface area (Å²) in [5, 5.41) is 3.43. The molecule has 0 bridgehead atoms. The summed E-state index contributed by atoms with van der Waals surface area (Å²) in [5.74, 6) is 0.687. The summed E-state index contributed by atoms with van der Waals surface area (Å²) in [5.41, 5.74) is 2.20. The Hall–Kier alpha value is -1.87. The van der Waals surface area contributed by atoms with E-state index in [1.54, 1.807) is 12.1 Å². The van der Waals surface area contributed by atoms with Gasteiger partial charge in [-0.25, -0.2) is 4.39 Å². The normalized spacial score (nSPS) is 10.9. The first-order valence-corrected chi connectivity index (χ1v) is 8.84. The number of fused-ring (bicyclic) bond motifs is 1. The van der Waals surface area contributed by atoms with Crippen LogP contribution < -0.4 is 4.74 Å². The van der Waals surface area contributed by atoms with E-state index in [9.17, 15) is 4.39 Å². The Kier molecular flexibility index (Phi) is 5.29. The lowest BCUT2D eigenvalue weighted by atomic mass is 10.00. The van der Waals surface area contributed by atoms with E-state index >= 15 is 0 Å². The van der Waals surface area contributed by atoms with Gasteiger partial charge >= 0.3 is 0 Å². The largest absolute Gasteiger partial charge is 0.489 e. The summed E-state index contributed by atoms with van der Waals surface area (Å²) in [4.78, 5) is 0. The molecular weight excluding hydrogens is 355 g/mol. The molecule has 0 radical (unpaired) electrons. The van der Waals surface area contributed by atoms with E-state index in [0.717, 1.165) is 29.5 Å². The maximum atomic E-state index is 13.0. The quantitative estimate of drug-likeness (QED) is 0.490. The van der Waals surface area contributed by atoms with Crippen LogP contribution in [-0.2, 0) is 13.0 Å². The fourth-order valence-corrected chi connectivity index (χ4v) is 2.97. The van der Waals surface area contributed by atoms with Crippen LogP contribution in [0.15, 0.2) is 60.7 Å². The molecule has 3 aromatic rings. The van der Waals surface area contributed by atoms with E-state index in [4.69, 9.17) is 4.74 Å². The van der Waals surface area contributed by atoms with Gasteiger partial charge in [0.2, 0.25) is 0 Å². The van der Waals surface area contributed by atoms with Crippen LogP contribution in [0.25, 0.3) is 10.8 Å². The van der Waals surface area contributed by atoms with Crippen LogP contribution >= 0.6 is 15.9 Å². The maximum absolute atomic E-state index is 13.0. The van der Waals surface area contributed by atoms with Crippen molar-refractivity contribution in [1.82, 2.24) is 0 Å². The first-order chi connectivity index (χ1) is 11.3. The predicted octanol–water partition coefficient (Wildman–Crippen LogP) is 5.89. The van der Waals surface area contributed by atoms with Gasteiger partial charge in [-0.2, -0.15) is 0 Å². The van der Waals surface area contributed by atoms with E-state index in [1.165, 1.54) is 28.5 Å². The molecule has 118 valence electrons. The third kappa shape index (κ3) is 3.91. The molecule has 3 aromatic carbocycles. The number of ether oxygens (including phenoxy) is 1. The van der Waals surface area contributed by atoms with Crippen LogP contribution in [0.3, 0.4) is 0 Å². The molecule has 0 aliphatic rings. The molecule has 0 spiro atoms. The van der Waals surface area contributed by atoms with E-state index in [-0.39, 0.29) is 5.82 Å². The Labute approximate surface area is 144 Å². The van der Waals surface area contributed by atoms with Crippen LogP contribution in [0.5, 0.6) is 5.75 Å². The zero-order valence-corrected chi connectivity index (χ0v) is 14.4. The van der Waals surface area contributed by atoms with Crippen molar-refractivity contribution in [2.45, 2.75) is 19.4 Å². The van der Waals surface area contributed by atoms with E-state index < -0.39 is 0 Å². The average Bonchev–Trinajstić information content (AvgIpc) is 2.59. The minimum Gasteiger partial charge on any atom is -0.489 e. The van der Waals surface area contributed by atoms with Crippen molar-refractivity contribution in [3.63, 3.8) is 0 Å². The van der Waals surface area contributed by atoms with Gasteiger partial charge in [-0.3, -0.25) is 0 Å². The summed E-state index contributed by atoms with van der Waals surface area (Å²) in [6.45, 7) is 0.444. The molecule has 0 unspecified atom stereocenters. The standard InChI is InChI=1S/C20H18BrFO/c21-13-3-6-19-18-5-2-1-4-16(18)9-12-20(19)23-14-15-7-10-17(22)11-8-15/h1-2,4-5,7-12H,3,6,13-14H2. The summed E-state index contributed by atoms with van der Waals surface area (Å²) in [6, 6.07) is 18.9. The Morgan fingerprint density at radius 3 is 2.48 bits per heavy atom. The van der Waals surface area contributed by atoms with Gasteiger partial charge < -0.3 is 4.74 Å². The lowest BCUT2D eigenvalue weighted by molar-refractivity contribution is 0.303. The van der Waals surface area contributed by atoms with Crippen molar-refractivity contribution in [2.24, 2.45) is 0 Å². The monoisotopic (exact) mass is 372 g/mol. The van der Waals surface area contributed by atoms with Gasteiger partial charge in [0, 0.05) is 10.9 Å². The smallest absolute Gasteiger partial charge is 0.123 e. The molecule has 23 heavy (non-hydrogen) atoms. The van der Waals surface area contributed by atoms with Crippen LogP contribution in [0.1, 0.15) is 17.5 Å². The lowest BCUT2D eigenvalue weighted by Crippen LogP contribution is -2.00. The van der Waals surface area contributed by atoms with Crippen molar-refractivity contribution < 1.29 is 9.13 Å². The summed E-state index contributed by atoms with van der Waals surface area (Å²) >= 11 is 3.50. The Balaban J connectivity index is 1.87. The molecule has 0 N–H and O–H groups in total. The highest BCUT2D eigenvalue weighted by atomic mass is 79.9. The third-order valence-corrected chi connectivity index (χ3v) is 4.43. The molecule has 0 heterocycles. The van der Waals surface area contributed by atoms with Crippen LogP contribution in [-0.4, -0.2) is 5.33 Å². The molecule has 0 aliphatic carbocycles. The van der Waals surface area contributed by atoms with Crippen molar-refractivity contribution in [3.8, 4) is 5.75 Å². The average molecular weight is 373 g/mol. The lowest BCUT2D eigenvalue weighted by Gasteiger charge is -2.14. The summed E-state index contributed by atoms with van der Waals surface area (Å²) in [6.07, 6.45) is 2.02. The molecule has 1 nitrogen and oxygen atoms in total. The van der Waals surface area contributed by atoms with E-state index in [2.05, 4.69) is 46.3 Å². The molecular formula is C20H18BrFO. The van der Waals surface area contributed by atoms with E-state index in [0.29, 0.717) is 6.61 Å². The highest BCUT2D eigenvalue weighted by molar-refractivity contribution is 9.09. The van der Waals surface area contributed by atoms with E-state index in [1.807, 2.05) is 6.07 Å². The fourth-order valence-electron chi connectivity index (χ4n) is 2.69. The van der Waals surface area contributed by atoms with Gasteiger partial charge in [-0.05, 0) is 47.4 Å². The molecule has 0 fully saturated rings. The van der Waals surface area contributed by atoms with Gasteiger partial charge in [0.15, 0.2) is 0 Å². The predicted molar refractivity (Wildman–Crippen MR) is 96.8 cm³/mol. The maximum Gasteiger partial charge on any atom is 0.123 e. The molecule has 0 saturated carbocycles. The number of hydrogen-bond acceptors (Lipinski definition) is 1. The second kappa shape index (κ2) is 7.60. The van der Waals surface area contributed by atoms with Crippen molar-refractivity contribution in [1.29, 1.82) is 0 Å². The van der Waals surface area contributed by atoms with Gasteiger partial charge in [-0.1, -0.05) is 58.4 Å². The first kappa shape index (κ1) is 16.0. The molecule has 0 amide bonds. The Bertz CT molecular complexity index is 783. The van der Waals surface area contributed by atoms with Gasteiger partial charge in [0.25, 0.3) is 0 Å². The van der Waals surface area contributed by atoms with Gasteiger partial charge in [0.1, 0.15) is 18.2 Å². The van der Waals surface area contributed by atoms with Crippen molar-refractivity contribution in [2.75, 3.05) is 5.33 Å². The van der Waals surface area contributed by atoms with Crippen molar-refractivity contribution in [3.05, 3.63) is 77.6 Å². The minimum absolute atomic E-state index is 0.225. The second-order valence-corrected chi connectivity index (χ2v) is 6.26. The zero-order chi connectivity index (χ0) is 16.1. The van der Waals surface area contributed by atoms with Crippen LogP contribution in [0, 0.1) is 5.82 Å². The Morgan fingerprint density at radius 1 is 0.913 bits per heavy atom. The summed E-state index contributed by atoms with van der Waals surface area (Å²) in [7, 11) is 0. The number of hydrogen-bond donors (Lipinski definition) is 0. The molecule has 0 aliphatic heterocycles. The number of rotatable bonds is 6. The minimum atomic E-state index is -0.225. The molecule has 0 saturated heterocycles. The molecule has 0 atom stereocenters. The van der Waals surface area contributed by atoms with Crippen molar-refractivity contribution >= 4 is 26.7 Å². The van der Waals surface area contributed by atoms with Crippen LogP contribution in [0.2, 0.25) is 0 Å². The third-order valence-electron chi connectivity index (χ3n) is 3.87. The first-order valence-electron chi connectivity index (χ1n) is 7.72. The number of halogens is 2. The number of benzene rings is 3. The summed E-state index contributed by atoms with van der Waals surface area (Å²) < 4.78 is 19.0. The highest BCUT2D eigenvalue weighted by Crippen LogP contribution is 2.30. The molecule has 0 aromatic heterocycles. The van der Waals surface area contributed by atoms with Gasteiger partial charge in [-0.15, -0.1) is 0 Å². The zero-order valence-electron chi connectivity index (χ0n) is 12.8. The Morgan fingerprint density at radius 2 is 1.70 bits per heavy atom. The molecule has 3 rings (SSSR count). The number of alkyl halides is 1. The SMILES string of the molecule is Fc1ccc(COc2ccc3ccccc3c2CCCBr)cc1. The second-order valence-electron chi connectivity index (χ2n) is 5.47.